The molecule has 0 N–H and O–H groups in total. The van der Waals surface area contributed by atoms with E-state index in [4.69, 9.17) is 21.6 Å². The first kappa shape index (κ1) is 17.6. The molecule has 0 atom stereocenters. The Balaban J connectivity index is 1.55. The van der Waals surface area contributed by atoms with Crippen LogP contribution in [0.2, 0.25) is 0 Å². The third-order valence-corrected chi connectivity index (χ3v) is 5.81. The Morgan fingerprint density at radius 3 is 1.85 bits per heavy atom. The molecule has 7 nitrogen and oxygen atoms in total. The lowest BCUT2D eigenvalue weighted by atomic mass is 10.3. The second-order valence-electron chi connectivity index (χ2n) is 7.27. The molecule has 3 aliphatic heterocycles. The molecule has 3 fully saturated rings. The maximum atomic E-state index is 11.8. The maximum absolute atomic E-state index is 11.8. The fourth-order valence-corrected chi connectivity index (χ4v) is 4.18. The smallest absolute Gasteiger partial charge is 0.237 e. The molecule has 0 radical (unpaired) electrons. The Labute approximate surface area is 159 Å². The molecule has 4 heterocycles. The molecule has 0 saturated carbocycles. The monoisotopic (exact) mass is 378 g/mol. The number of nitrogens with zero attached hydrogens (tertiary/aromatic N) is 6. The Morgan fingerprint density at radius 1 is 0.808 bits per heavy atom. The number of carbonyl (C=O) groups is 1. The fraction of sp³-hybridized carbons (Fsp3) is 0.722. The molecule has 0 aliphatic carbocycles. The van der Waals surface area contributed by atoms with E-state index in [0.717, 1.165) is 56.9 Å². The number of hydrogen-bond donors (Lipinski definition) is 0. The van der Waals surface area contributed by atoms with E-state index in [1.165, 1.54) is 25.7 Å². The minimum absolute atomic E-state index is 0.0181. The lowest BCUT2D eigenvalue weighted by molar-refractivity contribution is -0.128. The van der Waals surface area contributed by atoms with Gasteiger partial charge in [-0.15, -0.1) is 11.6 Å². The van der Waals surface area contributed by atoms with Crippen molar-refractivity contribution in [3.63, 3.8) is 0 Å². The minimum atomic E-state index is 0.0181. The summed E-state index contributed by atoms with van der Waals surface area (Å²) in [7, 11) is 0. The van der Waals surface area contributed by atoms with Crippen molar-refractivity contribution in [1.29, 1.82) is 0 Å². The van der Waals surface area contributed by atoms with E-state index in [9.17, 15) is 4.79 Å². The molecular formula is C18H27ClN6O. The molecule has 1 aromatic rings. The average Bonchev–Trinajstić information content (AvgIpc) is 3.41. The Hall–Kier alpha value is -1.76. The summed E-state index contributed by atoms with van der Waals surface area (Å²) in [6, 6.07) is 2.13. The van der Waals surface area contributed by atoms with Gasteiger partial charge in [-0.25, -0.2) is 0 Å². The first-order valence-electron chi connectivity index (χ1n) is 9.72. The number of aromatic nitrogens is 2. The highest BCUT2D eigenvalue weighted by molar-refractivity contribution is 6.27. The summed E-state index contributed by atoms with van der Waals surface area (Å²) in [4.78, 5) is 30.4. The summed E-state index contributed by atoms with van der Waals surface area (Å²) in [6.07, 6.45) is 4.90. The van der Waals surface area contributed by atoms with Crippen LogP contribution in [0.15, 0.2) is 6.07 Å². The minimum Gasteiger partial charge on any atom is -0.356 e. The highest BCUT2D eigenvalue weighted by Gasteiger charge is 2.25. The second-order valence-corrected chi connectivity index (χ2v) is 7.54. The number of anilines is 3. The van der Waals surface area contributed by atoms with Gasteiger partial charge < -0.3 is 19.6 Å². The van der Waals surface area contributed by atoms with Gasteiger partial charge in [0, 0.05) is 58.4 Å². The molecule has 3 saturated heterocycles. The highest BCUT2D eigenvalue weighted by atomic mass is 35.5. The summed E-state index contributed by atoms with van der Waals surface area (Å²) >= 11 is 5.69. The lowest BCUT2D eigenvalue weighted by Crippen LogP contribution is -2.49. The van der Waals surface area contributed by atoms with Crippen LogP contribution in [0.5, 0.6) is 0 Å². The van der Waals surface area contributed by atoms with Crippen LogP contribution in [0.4, 0.5) is 17.6 Å². The Kier molecular flexibility index (Phi) is 5.33. The summed E-state index contributed by atoms with van der Waals surface area (Å²) in [5.41, 5.74) is 0. The Bertz CT molecular complexity index is 602. The predicted molar refractivity (Wildman–Crippen MR) is 104 cm³/mol. The van der Waals surface area contributed by atoms with Gasteiger partial charge in [0.1, 0.15) is 17.5 Å². The van der Waals surface area contributed by atoms with Crippen molar-refractivity contribution in [2.75, 3.05) is 72.9 Å². The lowest BCUT2D eigenvalue weighted by Gasteiger charge is -2.35. The summed E-state index contributed by atoms with van der Waals surface area (Å²) in [6.45, 7) is 7.22. The molecule has 3 aliphatic rings. The van der Waals surface area contributed by atoms with Crippen LogP contribution in [-0.4, -0.2) is 79.0 Å². The normalized spacial score (nSPS) is 21.0. The summed E-state index contributed by atoms with van der Waals surface area (Å²) < 4.78 is 0. The zero-order valence-corrected chi connectivity index (χ0v) is 16.0. The molecule has 1 aromatic heterocycles. The number of alkyl halides is 1. The standard InChI is InChI=1S/C18H27ClN6O/c19-14-17(26)24-11-9-23(10-12-24)16-13-15(22-5-1-2-6-22)20-18(21-16)25-7-3-4-8-25/h13H,1-12,14H2. The van der Waals surface area contributed by atoms with Crippen molar-refractivity contribution >= 4 is 35.1 Å². The van der Waals surface area contributed by atoms with Gasteiger partial charge in [0.15, 0.2) is 0 Å². The van der Waals surface area contributed by atoms with Crippen molar-refractivity contribution in [2.24, 2.45) is 0 Å². The second kappa shape index (κ2) is 7.86. The van der Waals surface area contributed by atoms with Gasteiger partial charge in [0.25, 0.3) is 0 Å². The predicted octanol–water partition coefficient (Wildman–Crippen LogP) is 1.56. The van der Waals surface area contributed by atoms with E-state index in [2.05, 4.69) is 20.8 Å². The fourth-order valence-electron chi connectivity index (χ4n) is 4.01. The van der Waals surface area contributed by atoms with Crippen molar-refractivity contribution < 1.29 is 4.79 Å². The number of piperazine rings is 1. The van der Waals surface area contributed by atoms with Gasteiger partial charge in [0.05, 0.1) is 0 Å². The van der Waals surface area contributed by atoms with Crippen LogP contribution in [0.25, 0.3) is 0 Å². The van der Waals surface area contributed by atoms with E-state index >= 15 is 0 Å². The van der Waals surface area contributed by atoms with Crippen molar-refractivity contribution in [3.8, 4) is 0 Å². The Morgan fingerprint density at radius 2 is 1.31 bits per heavy atom. The molecule has 1 amide bonds. The first-order chi connectivity index (χ1) is 12.7. The van der Waals surface area contributed by atoms with Crippen LogP contribution in [0, 0.1) is 0 Å². The molecule has 26 heavy (non-hydrogen) atoms. The van der Waals surface area contributed by atoms with Gasteiger partial charge >= 0.3 is 0 Å². The van der Waals surface area contributed by atoms with Gasteiger partial charge in [-0.05, 0) is 25.7 Å². The maximum Gasteiger partial charge on any atom is 0.237 e. The first-order valence-corrected chi connectivity index (χ1v) is 10.3. The van der Waals surface area contributed by atoms with E-state index in [0.29, 0.717) is 13.1 Å². The van der Waals surface area contributed by atoms with Gasteiger partial charge in [0.2, 0.25) is 11.9 Å². The van der Waals surface area contributed by atoms with E-state index in [-0.39, 0.29) is 11.8 Å². The van der Waals surface area contributed by atoms with Crippen LogP contribution in [-0.2, 0) is 4.79 Å². The summed E-state index contributed by atoms with van der Waals surface area (Å²) in [5.74, 6) is 2.98. The van der Waals surface area contributed by atoms with Gasteiger partial charge in [-0.3, -0.25) is 4.79 Å². The van der Waals surface area contributed by atoms with Gasteiger partial charge in [-0.1, -0.05) is 0 Å². The number of carbonyl (C=O) groups excluding carboxylic acids is 1. The van der Waals surface area contributed by atoms with Crippen molar-refractivity contribution in [3.05, 3.63) is 6.07 Å². The average molecular weight is 379 g/mol. The molecule has 0 unspecified atom stereocenters. The van der Waals surface area contributed by atoms with E-state index < -0.39 is 0 Å². The molecule has 8 heteroatoms. The van der Waals surface area contributed by atoms with Crippen LogP contribution >= 0.6 is 11.6 Å². The zero-order chi connectivity index (χ0) is 17.9. The van der Waals surface area contributed by atoms with E-state index in [1.807, 2.05) is 4.90 Å². The number of hydrogen-bond acceptors (Lipinski definition) is 6. The molecular weight excluding hydrogens is 352 g/mol. The molecule has 0 aromatic carbocycles. The van der Waals surface area contributed by atoms with E-state index in [1.54, 1.807) is 0 Å². The van der Waals surface area contributed by atoms with Crippen molar-refractivity contribution in [1.82, 2.24) is 14.9 Å². The SMILES string of the molecule is O=C(CCl)N1CCN(c2cc(N3CCCC3)nc(N3CCCC3)n2)CC1. The number of halogens is 1. The molecule has 142 valence electrons. The highest BCUT2D eigenvalue weighted by Crippen LogP contribution is 2.27. The molecule has 4 rings (SSSR count). The largest absolute Gasteiger partial charge is 0.356 e. The topological polar surface area (TPSA) is 55.8 Å². The molecule has 0 spiro atoms. The third kappa shape index (κ3) is 3.68. The zero-order valence-electron chi connectivity index (χ0n) is 15.2. The van der Waals surface area contributed by atoms with Crippen LogP contribution in [0.1, 0.15) is 25.7 Å². The van der Waals surface area contributed by atoms with Gasteiger partial charge in [-0.2, -0.15) is 9.97 Å². The molecule has 0 bridgehead atoms. The third-order valence-electron chi connectivity index (χ3n) is 5.58. The number of rotatable bonds is 4. The number of amides is 1. The summed E-state index contributed by atoms with van der Waals surface area (Å²) in [5, 5.41) is 0. The van der Waals surface area contributed by atoms with Crippen LogP contribution < -0.4 is 14.7 Å². The quantitative estimate of drug-likeness (QED) is 0.741. The van der Waals surface area contributed by atoms with Crippen LogP contribution in [0.3, 0.4) is 0 Å². The van der Waals surface area contributed by atoms with Crippen molar-refractivity contribution in [2.45, 2.75) is 25.7 Å².